The number of hydrogen-bond acceptors (Lipinski definition) is 3. The molecule has 0 bridgehead atoms. The second-order valence-electron chi connectivity index (χ2n) is 3.55. The molecule has 0 aliphatic rings. The maximum Gasteiger partial charge on any atom is 0.322 e. The molecule has 0 radical (unpaired) electrons. The van der Waals surface area contributed by atoms with E-state index in [9.17, 15) is 4.79 Å². The molecule has 0 heterocycles. The van der Waals surface area contributed by atoms with Crippen LogP contribution in [0.4, 0.5) is 0 Å². The van der Waals surface area contributed by atoms with E-state index in [0.717, 1.165) is 0 Å². The number of benzene rings is 1. The number of esters is 1. The number of nitrogens with one attached hydrogen (secondary N) is 1. The molecule has 0 saturated carbocycles. The molecule has 0 unspecified atom stereocenters. The first kappa shape index (κ1) is 11.7. The topological polar surface area (TPSA) is 38.3 Å². The molecule has 0 amide bonds. The lowest BCUT2D eigenvalue weighted by molar-refractivity contribution is -0.142. The summed E-state index contributed by atoms with van der Waals surface area (Å²) in [5, 5.41) is 3.12. The fraction of sp³-hybridized carbons (Fsp3) is 0.417. The Balaban J connectivity index is 2.50. The average Bonchev–Trinajstić information content (AvgIpc) is 2.26. The predicted molar refractivity (Wildman–Crippen MR) is 59.5 cm³/mol. The fourth-order valence-corrected chi connectivity index (χ4v) is 1.33. The Kier molecular flexibility index (Phi) is 4.31. The second-order valence-corrected chi connectivity index (χ2v) is 3.55. The predicted octanol–water partition coefficient (Wildman–Crippen LogP) is 1.65. The Hall–Kier alpha value is -1.35. The highest BCUT2D eigenvalue weighted by Crippen LogP contribution is 2.06. The third kappa shape index (κ3) is 3.36. The smallest absolute Gasteiger partial charge is 0.322 e. The van der Waals surface area contributed by atoms with Gasteiger partial charge in [0.05, 0.1) is 7.11 Å². The maximum absolute atomic E-state index is 11.1. The van der Waals surface area contributed by atoms with Crippen molar-refractivity contribution in [1.29, 1.82) is 0 Å². The standard InChI is InChI=1S/C12H17NO2/c1-9-6-4-5-7-11(9)8-13-10(2)12(14)15-3/h4-7,10,13H,8H2,1-3H3/t10-/m0/s1. The largest absolute Gasteiger partial charge is 0.468 e. The van der Waals surface area contributed by atoms with Crippen LogP contribution in [-0.4, -0.2) is 19.1 Å². The lowest BCUT2D eigenvalue weighted by Gasteiger charge is -2.12. The minimum absolute atomic E-state index is 0.233. The van der Waals surface area contributed by atoms with Gasteiger partial charge in [-0.2, -0.15) is 0 Å². The van der Waals surface area contributed by atoms with E-state index in [1.165, 1.54) is 18.2 Å². The van der Waals surface area contributed by atoms with Gasteiger partial charge in [0.2, 0.25) is 0 Å². The Morgan fingerprint density at radius 1 is 1.47 bits per heavy atom. The van der Waals surface area contributed by atoms with Crippen molar-refractivity contribution in [3.8, 4) is 0 Å². The van der Waals surface area contributed by atoms with Crippen LogP contribution in [0.5, 0.6) is 0 Å². The highest BCUT2D eigenvalue weighted by molar-refractivity contribution is 5.75. The minimum Gasteiger partial charge on any atom is -0.468 e. The molecule has 1 aromatic carbocycles. The van der Waals surface area contributed by atoms with Crippen LogP contribution >= 0.6 is 0 Å². The van der Waals surface area contributed by atoms with Crippen molar-refractivity contribution < 1.29 is 9.53 Å². The first-order valence-electron chi connectivity index (χ1n) is 5.01. The van der Waals surface area contributed by atoms with E-state index in [1.807, 2.05) is 18.2 Å². The number of aryl methyl sites for hydroxylation is 1. The zero-order valence-electron chi connectivity index (χ0n) is 9.41. The summed E-state index contributed by atoms with van der Waals surface area (Å²) in [4.78, 5) is 11.1. The van der Waals surface area contributed by atoms with Gasteiger partial charge in [-0.1, -0.05) is 24.3 Å². The molecule has 0 fully saturated rings. The van der Waals surface area contributed by atoms with Crippen molar-refractivity contribution in [1.82, 2.24) is 5.32 Å². The van der Waals surface area contributed by atoms with Gasteiger partial charge in [0.25, 0.3) is 0 Å². The maximum atomic E-state index is 11.1. The summed E-state index contributed by atoms with van der Waals surface area (Å²) >= 11 is 0. The summed E-state index contributed by atoms with van der Waals surface area (Å²) in [6, 6.07) is 7.83. The first-order chi connectivity index (χ1) is 7.15. The molecule has 82 valence electrons. The quantitative estimate of drug-likeness (QED) is 0.763. The van der Waals surface area contributed by atoms with Gasteiger partial charge in [-0.25, -0.2) is 0 Å². The van der Waals surface area contributed by atoms with E-state index < -0.39 is 0 Å². The zero-order valence-corrected chi connectivity index (χ0v) is 9.41. The Bertz CT molecular complexity index is 336. The summed E-state index contributed by atoms with van der Waals surface area (Å²) in [7, 11) is 1.40. The van der Waals surface area contributed by atoms with Crippen LogP contribution in [0.25, 0.3) is 0 Å². The molecular formula is C12H17NO2. The molecule has 1 N–H and O–H groups in total. The molecule has 1 atom stereocenters. The normalized spacial score (nSPS) is 12.2. The minimum atomic E-state index is -0.269. The van der Waals surface area contributed by atoms with Crippen molar-refractivity contribution in [2.45, 2.75) is 26.4 Å². The van der Waals surface area contributed by atoms with Crippen LogP contribution < -0.4 is 5.32 Å². The molecule has 1 aromatic rings. The van der Waals surface area contributed by atoms with Crippen LogP contribution in [0.2, 0.25) is 0 Å². The Morgan fingerprint density at radius 3 is 2.73 bits per heavy atom. The van der Waals surface area contributed by atoms with E-state index in [4.69, 9.17) is 0 Å². The van der Waals surface area contributed by atoms with Gasteiger partial charge in [-0.3, -0.25) is 4.79 Å². The fourth-order valence-electron chi connectivity index (χ4n) is 1.33. The first-order valence-corrected chi connectivity index (χ1v) is 5.01. The number of carbonyl (C=O) groups excluding carboxylic acids is 1. The van der Waals surface area contributed by atoms with Crippen LogP contribution in [0.1, 0.15) is 18.1 Å². The van der Waals surface area contributed by atoms with Gasteiger partial charge in [0.15, 0.2) is 0 Å². The molecule has 1 rings (SSSR count). The summed E-state index contributed by atoms with van der Waals surface area (Å²) in [6.07, 6.45) is 0. The molecule has 0 spiro atoms. The van der Waals surface area contributed by atoms with E-state index in [-0.39, 0.29) is 12.0 Å². The van der Waals surface area contributed by atoms with Crippen molar-refractivity contribution >= 4 is 5.97 Å². The van der Waals surface area contributed by atoms with Gasteiger partial charge in [0.1, 0.15) is 6.04 Å². The zero-order chi connectivity index (χ0) is 11.3. The summed E-state index contributed by atoms with van der Waals surface area (Å²) in [6.45, 7) is 4.53. The molecule has 3 heteroatoms. The number of ether oxygens (including phenoxy) is 1. The molecule has 0 saturated heterocycles. The van der Waals surface area contributed by atoms with E-state index in [2.05, 4.69) is 23.0 Å². The van der Waals surface area contributed by atoms with Gasteiger partial charge < -0.3 is 10.1 Å². The lowest BCUT2D eigenvalue weighted by atomic mass is 10.1. The summed E-state index contributed by atoms with van der Waals surface area (Å²) in [5.41, 5.74) is 2.43. The van der Waals surface area contributed by atoms with Crippen molar-refractivity contribution in [2.75, 3.05) is 7.11 Å². The van der Waals surface area contributed by atoms with Crippen molar-refractivity contribution in [3.05, 3.63) is 35.4 Å². The number of rotatable bonds is 4. The average molecular weight is 207 g/mol. The molecule has 0 aliphatic carbocycles. The van der Waals surface area contributed by atoms with Gasteiger partial charge in [0, 0.05) is 6.54 Å². The second kappa shape index (κ2) is 5.51. The third-order valence-corrected chi connectivity index (χ3v) is 2.41. The van der Waals surface area contributed by atoms with Crippen molar-refractivity contribution in [3.63, 3.8) is 0 Å². The monoisotopic (exact) mass is 207 g/mol. The molecule has 0 aliphatic heterocycles. The van der Waals surface area contributed by atoms with Gasteiger partial charge in [-0.15, -0.1) is 0 Å². The van der Waals surface area contributed by atoms with Gasteiger partial charge in [-0.05, 0) is 25.0 Å². The number of hydrogen-bond donors (Lipinski definition) is 1. The molecule has 3 nitrogen and oxygen atoms in total. The Morgan fingerprint density at radius 2 is 2.13 bits per heavy atom. The molecular weight excluding hydrogens is 190 g/mol. The number of carbonyl (C=O) groups is 1. The SMILES string of the molecule is COC(=O)[C@H](C)NCc1ccccc1C. The van der Waals surface area contributed by atoms with Crippen LogP contribution in [0, 0.1) is 6.92 Å². The van der Waals surface area contributed by atoms with Crippen LogP contribution in [-0.2, 0) is 16.1 Å². The Labute approximate surface area is 90.4 Å². The molecule has 0 aromatic heterocycles. The third-order valence-electron chi connectivity index (χ3n) is 2.41. The van der Waals surface area contributed by atoms with E-state index >= 15 is 0 Å². The highest BCUT2D eigenvalue weighted by atomic mass is 16.5. The lowest BCUT2D eigenvalue weighted by Crippen LogP contribution is -2.34. The number of methoxy groups -OCH3 is 1. The van der Waals surface area contributed by atoms with E-state index in [1.54, 1.807) is 6.92 Å². The van der Waals surface area contributed by atoms with Crippen LogP contribution in [0.15, 0.2) is 24.3 Å². The molecule has 15 heavy (non-hydrogen) atoms. The summed E-state index contributed by atoms with van der Waals surface area (Å²) < 4.78 is 4.63. The van der Waals surface area contributed by atoms with Crippen molar-refractivity contribution in [2.24, 2.45) is 0 Å². The van der Waals surface area contributed by atoms with Gasteiger partial charge >= 0.3 is 5.97 Å². The van der Waals surface area contributed by atoms with E-state index in [0.29, 0.717) is 6.54 Å². The van der Waals surface area contributed by atoms with Crippen LogP contribution in [0.3, 0.4) is 0 Å². The highest BCUT2D eigenvalue weighted by Gasteiger charge is 2.11. The summed E-state index contributed by atoms with van der Waals surface area (Å²) in [5.74, 6) is -0.233.